The van der Waals surface area contributed by atoms with Gasteiger partial charge in [-0.1, -0.05) is 20.8 Å². The summed E-state index contributed by atoms with van der Waals surface area (Å²) in [6, 6.07) is 4.74. The van der Waals surface area contributed by atoms with E-state index < -0.39 is 10.0 Å². The Morgan fingerprint density at radius 1 is 1.39 bits per heavy atom. The second kappa shape index (κ2) is 6.04. The quantitative estimate of drug-likeness (QED) is 0.842. The molecule has 0 unspecified atom stereocenters. The van der Waals surface area contributed by atoms with Crippen LogP contribution >= 0.6 is 15.9 Å². The summed E-state index contributed by atoms with van der Waals surface area (Å²) in [6.45, 7) is 6.80. The number of nitrogen functional groups attached to an aromatic ring is 1. The number of halogens is 1. The molecule has 0 heterocycles. The fourth-order valence-corrected chi connectivity index (χ4v) is 4.34. The minimum Gasteiger partial charge on any atom is -0.399 e. The van der Waals surface area contributed by atoms with Crippen LogP contribution < -0.4 is 5.73 Å². The van der Waals surface area contributed by atoms with Crippen LogP contribution in [0.5, 0.6) is 0 Å². The van der Waals surface area contributed by atoms with Gasteiger partial charge in [-0.05, 0) is 40.0 Å². The summed E-state index contributed by atoms with van der Waals surface area (Å²) < 4.78 is 27.0. The number of hydrogen-bond donors (Lipinski definition) is 1. The molecule has 0 aliphatic rings. The molecule has 0 amide bonds. The zero-order chi connectivity index (χ0) is 13.9. The average molecular weight is 335 g/mol. The van der Waals surface area contributed by atoms with Gasteiger partial charge in [0.2, 0.25) is 10.0 Å². The largest absolute Gasteiger partial charge is 0.399 e. The van der Waals surface area contributed by atoms with Gasteiger partial charge in [0.05, 0.1) is 4.90 Å². The molecular weight excluding hydrogens is 316 g/mol. The van der Waals surface area contributed by atoms with Crippen LogP contribution in [-0.4, -0.2) is 25.8 Å². The molecule has 6 heteroatoms. The number of benzene rings is 1. The van der Waals surface area contributed by atoms with Crippen molar-refractivity contribution in [2.24, 2.45) is 5.92 Å². The Morgan fingerprint density at radius 2 is 2.00 bits per heavy atom. The summed E-state index contributed by atoms with van der Waals surface area (Å²) in [4.78, 5) is 0.263. The maximum absolute atomic E-state index is 12.5. The molecule has 0 saturated heterocycles. The minimum atomic E-state index is -3.46. The van der Waals surface area contributed by atoms with Gasteiger partial charge in [0, 0.05) is 23.2 Å². The Bertz CT molecular complexity index is 515. The zero-order valence-electron chi connectivity index (χ0n) is 10.9. The van der Waals surface area contributed by atoms with Crippen LogP contribution in [0.1, 0.15) is 20.8 Å². The van der Waals surface area contributed by atoms with E-state index in [9.17, 15) is 8.42 Å². The fourth-order valence-electron chi connectivity index (χ4n) is 1.67. The topological polar surface area (TPSA) is 63.4 Å². The first-order valence-corrected chi connectivity index (χ1v) is 8.07. The van der Waals surface area contributed by atoms with Crippen molar-refractivity contribution in [1.29, 1.82) is 0 Å². The van der Waals surface area contributed by atoms with Gasteiger partial charge < -0.3 is 5.73 Å². The third-order valence-electron chi connectivity index (χ3n) is 2.50. The van der Waals surface area contributed by atoms with Gasteiger partial charge in [-0.3, -0.25) is 0 Å². The van der Waals surface area contributed by atoms with Gasteiger partial charge in [-0.15, -0.1) is 0 Å². The third-order valence-corrected chi connectivity index (χ3v) is 5.41. The van der Waals surface area contributed by atoms with Crippen LogP contribution in [0.25, 0.3) is 0 Å². The SMILES string of the molecule is CCN(CC(C)C)S(=O)(=O)c1ccc(N)cc1Br. The number of anilines is 1. The first kappa shape index (κ1) is 15.5. The molecule has 0 aliphatic carbocycles. The van der Waals surface area contributed by atoms with Crippen LogP contribution in [-0.2, 0) is 10.0 Å². The van der Waals surface area contributed by atoms with E-state index >= 15 is 0 Å². The highest BCUT2D eigenvalue weighted by molar-refractivity contribution is 9.10. The van der Waals surface area contributed by atoms with Gasteiger partial charge in [0.25, 0.3) is 0 Å². The first-order chi connectivity index (χ1) is 8.28. The minimum absolute atomic E-state index is 0.263. The van der Waals surface area contributed by atoms with Crippen molar-refractivity contribution in [2.75, 3.05) is 18.8 Å². The van der Waals surface area contributed by atoms with Crippen molar-refractivity contribution in [3.63, 3.8) is 0 Å². The molecule has 18 heavy (non-hydrogen) atoms. The van der Waals surface area contributed by atoms with Gasteiger partial charge in [0.1, 0.15) is 0 Å². The van der Waals surface area contributed by atoms with E-state index in [0.29, 0.717) is 23.2 Å². The second-order valence-corrected chi connectivity index (χ2v) is 7.30. The molecule has 0 spiro atoms. The summed E-state index contributed by atoms with van der Waals surface area (Å²) in [5.41, 5.74) is 6.16. The number of nitrogens with zero attached hydrogens (tertiary/aromatic N) is 1. The lowest BCUT2D eigenvalue weighted by Gasteiger charge is -2.23. The molecule has 4 nitrogen and oxygen atoms in total. The van der Waals surface area contributed by atoms with Gasteiger partial charge in [0.15, 0.2) is 0 Å². The lowest BCUT2D eigenvalue weighted by Crippen LogP contribution is -2.34. The smallest absolute Gasteiger partial charge is 0.244 e. The summed E-state index contributed by atoms with van der Waals surface area (Å²) >= 11 is 3.26. The highest BCUT2D eigenvalue weighted by Gasteiger charge is 2.25. The van der Waals surface area contributed by atoms with E-state index in [1.165, 1.54) is 10.4 Å². The number of hydrogen-bond acceptors (Lipinski definition) is 3. The summed E-state index contributed by atoms with van der Waals surface area (Å²) in [5.74, 6) is 0.285. The van der Waals surface area contributed by atoms with E-state index in [0.717, 1.165) is 0 Å². The van der Waals surface area contributed by atoms with Gasteiger partial charge >= 0.3 is 0 Å². The summed E-state index contributed by atoms with van der Waals surface area (Å²) in [5, 5.41) is 0. The average Bonchev–Trinajstić information content (AvgIpc) is 2.24. The van der Waals surface area contributed by atoms with Crippen LogP contribution in [0.4, 0.5) is 5.69 Å². The second-order valence-electron chi connectivity index (χ2n) is 4.54. The van der Waals surface area contributed by atoms with Crippen molar-refractivity contribution in [1.82, 2.24) is 4.31 Å². The Kier molecular flexibility index (Phi) is 5.19. The number of nitrogens with two attached hydrogens (primary N) is 1. The van der Waals surface area contributed by atoms with Crippen LogP contribution in [0.15, 0.2) is 27.6 Å². The van der Waals surface area contributed by atoms with Crippen molar-refractivity contribution in [3.05, 3.63) is 22.7 Å². The molecule has 0 radical (unpaired) electrons. The van der Waals surface area contributed by atoms with E-state index in [4.69, 9.17) is 5.73 Å². The predicted octanol–water partition coefficient (Wildman–Crippen LogP) is 2.70. The molecule has 102 valence electrons. The Hall–Kier alpha value is -0.590. The van der Waals surface area contributed by atoms with Crippen LogP contribution in [0, 0.1) is 5.92 Å². The summed E-state index contributed by atoms with van der Waals surface area (Å²) in [7, 11) is -3.46. The maximum atomic E-state index is 12.5. The van der Waals surface area contributed by atoms with E-state index in [1.54, 1.807) is 12.1 Å². The first-order valence-electron chi connectivity index (χ1n) is 5.84. The molecule has 0 fully saturated rings. The standard InChI is InChI=1S/C12H19BrN2O2S/c1-4-15(8-9(2)3)18(16,17)12-6-5-10(14)7-11(12)13/h5-7,9H,4,8,14H2,1-3H3. The number of sulfonamides is 1. The highest BCUT2D eigenvalue weighted by Crippen LogP contribution is 2.27. The normalized spacial score (nSPS) is 12.3. The Balaban J connectivity index is 3.19. The third kappa shape index (κ3) is 3.46. The lowest BCUT2D eigenvalue weighted by atomic mass is 10.2. The summed E-state index contributed by atoms with van der Waals surface area (Å²) in [6.07, 6.45) is 0. The molecule has 1 aromatic rings. The molecular formula is C12H19BrN2O2S. The maximum Gasteiger partial charge on any atom is 0.244 e. The monoisotopic (exact) mass is 334 g/mol. The van der Waals surface area contributed by atoms with Crippen molar-refractivity contribution in [2.45, 2.75) is 25.7 Å². The molecule has 1 rings (SSSR count). The molecule has 0 saturated carbocycles. The highest BCUT2D eigenvalue weighted by atomic mass is 79.9. The lowest BCUT2D eigenvalue weighted by molar-refractivity contribution is 0.380. The van der Waals surface area contributed by atoms with E-state index in [2.05, 4.69) is 15.9 Å². The molecule has 0 aromatic heterocycles. The van der Waals surface area contributed by atoms with Crippen molar-refractivity contribution >= 4 is 31.6 Å². The molecule has 0 aliphatic heterocycles. The fraction of sp³-hybridized carbons (Fsp3) is 0.500. The van der Waals surface area contributed by atoms with Gasteiger partial charge in [-0.25, -0.2) is 8.42 Å². The molecule has 1 aromatic carbocycles. The van der Waals surface area contributed by atoms with Crippen LogP contribution in [0.2, 0.25) is 0 Å². The Morgan fingerprint density at radius 3 is 2.44 bits per heavy atom. The Labute approximate surface area is 117 Å². The predicted molar refractivity (Wildman–Crippen MR) is 77.8 cm³/mol. The van der Waals surface area contributed by atoms with Crippen molar-refractivity contribution in [3.8, 4) is 0 Å². The number of rotatable bonds is 5. The van der Waals surface area contributed by atoms with Gasteiger partial charge in [-0.2, -0.15) is 4.31 Å². The molecule has 2 N–H and O–H groups in total. The van der Waals surface area contributed by atoms with E-state index in [1.807, 2.05) is 20.8 Å². The molecule has 0 bridgehead atoms. The van der Waals surface area contributed by atoms with Crippen molar-refractivity contribution < 1.29 is 8.42 Å². The van der Waals surface area contributed by atoms with Crippen LogP contribution in [0.3, 0.4) is 0 Å². The zero-order valence-corrected chi connectivity index (χ0v) is 13.3. The van der Waals surface area contributed by atoms with E-state index in [-0.39, 0.29) is 10.8 Å². The molecule has 0 atom stereocenters.